The summed E-state index contributed by atoms with van der Waals surface area (Å²) in [6.07, 6.45) is 6.73. The van der Waals surface area contributed by atoms with Crippen LogP contribution < -0.4 is 0 Å². The van der Waals surface area contributed by atoms with Crippen molar-refractivity contribution in [3.8, 4) is 0 Å². The molecule has 0 unspecified atom stereocenters. The lowest BCUT2D eigenvalue weighted by Gasteiger charge is -2.36. The van der Waals surface area contributed by atoms with E-state index in [-0.39, 0.29) is 12.6 Å². The van der Waals surface area contributed by atoms with Crippen molar-refractivity contribution < 1.29 is 26.9 Å². The van der Waals surface area contributed by atoms with Crippen molar-refractivity contribution in [3.63, 3.8) is 0 Å². The van der Waals surface area contributed by atoms with Crippen molar-refractivity contribution >= 4 is 16.2 Å². The Morgan fingerprint density at radius 3 is 2.30 bits per heavy atom. The van der Waals surface area contributed by atoms with Gasteiger partial charge in [-0.3, -0.25) is 9.08 Å². The molecular formula is C19H35NO6S. The lowest BCUT2D eigenvalue weighted by Crippen LogP contribution is -2.51. The van der Waals surface area contributed by atoms with E-state index in [0.29, 0.717) is 5.92 Å². The highest BCUT2D eigenvalue weighted by atomic mass is 32.2. The fraction of sp³-hybridized carbons (Fsp3) is 0.947. The van der Waals surface area contributed by atoms with Gasteiger partial charge in [-0.05, 0) is 47.0 Å². The van der Waals surface area contributed by atoms with Gasteiger partial charge in [0.2, 0.25) is 0 Å². The van der Waals surface area contributed by atoms with E-state index in [0.717, 1.165) is 25.5 Å². The number of ether oxygens (including phenoxy) is 2. The molecule has 0 aromatic rings. The summed E-state index contributed by atoms with van der Waals surface area (Å²) >= 11 is 0. The standard InChI is InChI=1S/C19H35NO6S/c1-18(2,3)26-17(21)20-15(12-14-10-8-7-9-11-14)16(25-19(20,4)5)13-24-27(6,22)23/h14-16H,7-13H2,1-6H3/t15-,16-/m0/s1. The van der Waals surface area contributed by atoms with Gasteiger partial charge in [0.15, 0.2) is 0 Å². The molecule has 1 amide bonds. The second-order valence-electron chi connectivity index (χ2n) is 9.25. The minimum atomic E-state index is -3.59. The minimum Gasteiger partial charge on any atom is -0.444 e. The molecule has 0 radical (unpaired) electrons. The molecule has 27 heavy (non-hydrogen) atoms. The van der Waals surface area contributed by atoms with Crippen LogP contribution in [-0.2, 0) is 23.8 Å². The van der Waals surface area contributed by atoms with Gasteiger partial charge in [-0.15, -0.1) is 0 Å². The SMILES string of the molecule is CC(C)(C)OC(=O)N1[C@@H](CC2CCCCC2)[C@H](COS(C)(=O)=O)OC1(C)C. The second-order valence-corrected chi connectivity index (χ2v) is 10.9. The van der Waals surface area contributed by atoms with Crippen LogP contribution in [0, 0.1) is 5.92 Å². The molecule has 1 aliphatic heterocycles. The van der Waals surface area contributed by atoms with Crippen LogP contribution in [0.2, 0.25) is 0 Å². The molecular weight excluding hydrogens is 370 g/mol. The third-order valence-electron chi connectivity index (χ3n) is 5.12. The minimum absolute atomic E-state index is 0.0983. The Morgan fingerprint density at radius 1 is 1.19 bits per heavy atom. The maximum absolute atomic E-state index is 12.9. The van der Waals surface area contributed by atoms with Gasteiger partial charge in [-0.25, -0.2) is 4.79 Å². The average Bonchev–Trinajstić information content (AvgIpc) is 2.74. The molecule has 2 aliphatic rings. The van der Waals surface area contributed by atoms with Crippen molar-refractivity contribution in [1.82, 2.24) is 4.90 Å². The Morgan fingerprint density at radius 2 is 1.78 bits per heavy atom. The zero-order valence-corrected chi connectivity index (χ0v) is 18.3. The summed E-state index contributed by atoms with van der Waals surface area (Å²) in [5, 5.41) is 0. The van der Waals surface area contributed by atoms with Gasteiger partial charge in [0.1, 0.15) is 17.4 Å². The van der Waals surface area contributed by atoms with Gasteiger partial charge in [-0.1, -0.05) is 32.1 Å². The number of nitrogens with zero attached hydrogens (tertiary/aromatic N) is 1. The van der Waals surface area contributed by atoms with E-state index in [4.69, 9.17) is 13.7 Å². The molecule has 2 atom stereocenters. The molecule has 1 aliphatic carbocycles. The van der Waals surface area contributed by atoms with Crippen LogP contribution in [0.15, 0.2) is 0 Å². The largest absolute Gasteiger partial charge is 0.444 e. The lowest BCUT2D eigenvalue weighted by atomic mass is 9.83. The fourth-order valence-corrected chi connectivity index (χ4v) is 4.48. The average molecular weight is 406 g/mol. The highest BCUT2D eigenvalue weighted by Gasteiger charge is 2.51. The van der Waals surface area contributed by atoms with E-state index in [9.17, 15) is 13.2 Å². The van der Waals surface area contributed by atoms with Crippen molar-refractivity contribution in [1.29, 1.82) is 0 Å². The summed E-state index contributed by atoms with van der Waals surface area (Å²) in [6, 6.07) is -0.278. The van der Waals surface area contributed by atoms with Crippen molar-refractivity contribution in [2.45, 2.75) is 96.6 Å². The van der Waals surface area contributed by atoms with Gasteiger partial charge in [0.05, 0.1) is 18.9 Å². The molecule has 0 aromatic heterocycles. The summed E-state index contributed by atoms with van der Waals surface area (Å²) in [7, 11) is -3.59. The highest BCUT2D eigenvalue weighted by molar-refractivity contribution is 7.85. The first kappa shape index (κ1) is 22.4. The van der Waals surface area contributed by atoms with E-state index in [1.54, 1.807) is 4.90 Å². The van der Waals surface area contributed by atoms with Gasteiger partial charge in [0.25, 0.3) is 10.1 Å². The smallest absolute Gasteiger partial charge is 0.412 e. The molecule has 0 N–H and O–H groups in total. The topological polar surface area (TPSA) is 82.1 Å². The molecule has 0 aromatic carbocycles. The van der Waals surface area contributed by atoms with Crippen molar-refractivity contribution in [2.75, 3.05) is 12.9 Å². The number of rotatable bonds is 5. The number of amides is 1. The van der Waals surface area contributed by atoms with Gasteiger partial charge in [0, 0.05) is 0 Å². The predicted octanol–water partition coefficient (Wildman–Crippen LogP) is 3.67. The van der Waals surface area contributed by atoms with Gasteiger partial charge < -0.3 is 9.47 Å². The van der Waals surface area contributed by atoms with Crippen LogP contribution in [0.3, 0.4) is 0 Å². The molecule has 2 rings (SSSR count). The van der Waals surface area contributed by atoms with E-state index in [2.05, 4.69) is 0 Å². The Hall–Kier alpha value is -0.860. The monoisotopic (exact) mass is 405 g/mol. The number of hydrogen-bond acceptors (Lipinski definition) is 6. The second kappa shape index (κ2) is 8.25. The first-order chi connectivity index (χ1) is 12.3. The molecule has 8 heteroatoms. The third-order valence-corrected chi connectivity index (χ3v) is 5.68. The van der Waals surface area contributed by atoms with E-state index >= 15 is 0 Å². The van der Waals surface area contributed by atoms with E-state index in [1.807, 2.05) is 34.6 Å². The first-order valence-corrected chi connectivity index (χ1v) is 11.6. The van der Waals surface area contributed by atoms with Crippen LogP contribution in [0.4, 0.5) is 4.79 Å². The maximum Gasteiger partial charge on any atom is 0.412 e. The first-order valence-electron chi connectivity index (χ1n) is 9.83. The Balaban J connectivity index is 2.23. The Bertz CT molecular complexity index is 619. The highest BCUT2D eigenvalue weighted by Crippen LogP contribution is 2.39. The molecule has 1 saturated heterocycles. The molecule has 7 nitrogen and oxygen atoms in total. The van der Waals surface area contributed by atoms with Crippen LogP contribution in [0.1, 0.15) is 73.1 Å². The van der Waals surface area contributed by atoms with Crippen LogP contribution in [0.5, 0.6) is 0 Å². The zero-order valence-electron chi connectivity index (χ0n) is 17.5. The molecule has 1 saturated carbocycles. The van der Waals surface area contributed by atoms with Crippen molar-refractivity contribution in [2.24, 2.45) is 5.92 Å². The Labute approximate surface area is 163 Å². The number of carbonyl (C=O) groups excluding carboxylic acids is 1. The fourth-order valence-electron chi connectivity index (χ4n) is 4.10. The summed E-state index contributed by atoms with van der Waals surface area (Å²) in [6.45, 7) is 9.01. The number of carbonyl (C=O) groups is 1. The van der Waals surface area contributed by atoms with E-state index < -0.39 is 33.6 Å². The lowest BCUT2D eigenvalue weighted by molar-refractivity contribution is -0.0846. The summed E-state index contributed by atoms with van der Waals surface area (Å²) in [5.74, 6) is 0.493. The molecule has 1 heterocycles. The van der Waals surface area contributed by atoms with Crippen LogP contribution in [0.25, 0.3) is 0 Å². The molecule has 158 valence electrons. The van der Waals surface area contributed by atoms with Gasteiger partial charge >= 0.3 is 6.09 Å². The van der Waals surface area contributed by atoms with Gasteiger partial charge in [-0.2, -0.15) is 8.42 Å². The van der Waals surface area contributed by atoms with Crippen LogP contribution >= 0.6 is 0 Å². The van der Waals surface area contributed by atoms with Crippen molar-refractivity contribution in [3.05, 3.63) is 0 Å². The normalized spacial score (nSPS) is 27.0. The van der Waals surface area contributed by atoms with E-state index in [1.165, 1.54) is 19.3 Å². The zero-order chi connectivity index (χ0) is 20.5. The summed E-state index contributed by atoms with van der Waals surface area (Å²) < 4.78 is 39.7. The number of hydrogen-bond donors (Lipinski definition) is 0. The third kappa shape index (κ3) is 6.61. The predicted molar refractivity (Wildman–Crippen MR) is 103 cm³/mol. The molecule has 2 fully saturated rings. The molecule has 0 bridgehead atoms. The summed E-state index contributed by atoms with van der Waals surface area (Å²) in [5.41, 5.74) is -1.52. The van der Waals surface area contributed by atoms with Crippen LogP contribution in [-0.4, -0.2) is 55.7 Å². The Kier molecular flexibility index (Phi) is 6.85. The maximum atomic E-state index is 12.9. The summed E-state index contributed by atoms with van der Waals surface area (Å²) in [4.78, 5) is 14.6. The molecule has 0 spiro atoms. The quantitative estimate of drug-likeness (QED) is 0.649.